The van der Waals surface area contributed by atoms with Gasteiger partial charge in [0.15, 0.2) is 5.13 Å². The van der Waals surface area contributed by atoms with E-state index in [0.29, 0.717) is 16.7 Å². The Balaban J connectivity index is 2.59. The third kappa shape index (κ3) is 3.00. The zero-order valence-electron chi connectivity index (χ0n) is 6.49. The maximum Gasteiger partial charge on any atom is 0.345 e. The van der Waals surface area contributed by atoms with E-state index < -0.39 is 4.92 Å². The minimum absolute atomic E-state index is 0.00249. The molecule has 70 valence electrons. The van der Waals surface area contributed by atoms with Crippen LogP contribution in [0.4, 0.5) is 10.1 Å². The highest BCUT2D eigenvalue weighted by molar-refractivity contribution is 7.18. The Labute approximate surface area is 83.2 Å². The van der Waals surface area contributed by atoms with Crippen LogP contribution in [0.1, 0.15) is 0 Å². The van der Waals surface area contributed by atoms with Gasteiger partial charge in [0.1, 0.15) is 6.20 Å². The van der Waals surface area contributed by atoms with Crippen LogP contribution in [0.25, 0.3) is 0 Å². The average Bonchev–Trinajstić information content (AvgIpc) is 2.48. The molecule has 0 spiro atoms. The molecule has 0 atom stereocenters. The van der Waals surface area contributed by atoms with E-state index in [1.165, 1.54) is 6.20 Å². The Bertz CT molecular complexity index is 338. The molecule has 1 N–H and O–H groups in total. The highest BCUT2D eigenvalue weighted by atomic mass is 35.5. The van der Waals surface area contributed by atoms with Gasteiger partial charge in [-0.1, -0.05) is 18.2 Å². The van der Waals surface area contributed by atoms with E-state index in [1.54, 1.807) is 0 Å². The first-order valence-electron chi connectivity index (χ1n) is 3.27. The number of rotatable bonds is 4. The molecule has 7 heteroatoms. The first-order valence-corrected chi connectivity index (χ1v) is 4.46. The molecule has 0 aliphatic carbocycles. The van der Waals surface area contributed by atoms with Gasteiger partial charge in [-0.05, 0) is 11.3 Å². The number of nitro groups is 1. The normalized spacial score (nSPS) is 9.62. The summed E-state index contributed by atoms with van der Waals surface area (Å²) < 4.78 is 0. The fraction of sp³-hybridized carbons (Fsp3) is 0.167. The van der Waals surface area contributed by atoms with Crippen molar-refractivity contribution in [2.75, 3.05) is 11.9 Å². The van der Waals surface area contributed by atoms with Gasteiger partial charge in [-0.15, -0.1) is 0 Å². The van der Waals surface area contributed by atoms with Crippen LogP contribution in [0.5, 0.6) is 0 Å². The van der Waals surface area contributed by atoms with E-state index in [0.717, 1.165) is 11.3 Å². The number of nitrogens with one attached hydrogen (secondary N) is 1. The monoisotopic (exact) mass is 219 g/mol. The van der Waals surface area contributed by atoms with E-state index in [1.807, 2.05) is 0 Å². The number of anilines is 1. The summed E-state index contributed by atoms with van der Waals surface area (Å²) in [5.74, 6) is 0. The molecule has 5 nitrogen and oxygen atoms in total. The molecule has 13 heavy (non-hydrogen) atoms. The lowest BCUT2D eigenvalue weighted by atomic mass is 10.6. The average molecular weight is 220 g/mol. The Morgan fingerprint density at radius 1 is 1.92 bits per heavy atom. The predicted molar refractivity (Wildman–Crippen MR) is 52.3 cm³/mol. The van der Waals surface area contributed by atoms with E-state index in [2.05, 4.69) is 16.9 Å². The zero-order chi connectivity index (χ0) is 9.84. The van der Waals surface area contributed by atoms with Gasteiger partial charge in [0, 0.05) is 5.03 Å². The van der Waals surface area contributed by atoms with Crippen molar-refractivity contribution < 1.29 is 4.92 Å². The molecule has 0 aliphatic rings. The molecule has 0 aliphatic heterocycles. The fourth-order valence-electron chi connectivity index (χ4n) is 0.603. The van der Waals surface area contributed by atoms with Crippen LogP contribution in [0.15, 0.2) is 17.8 Å². The quantitative estimate of drug-likeness (QED) is 0.623. The van der Waals surface area contributed by atoms with Crippen molar-refractivity contribution in [1.82, 2.24) is 4.98 Å². The maximum atomic E-state index is 10.3. The van der Waals surface area contributed by atoms with E-state index in [-0.39, 0.29) is 5.00 Å². The van der Waals surface area contributed by atoms with Gasteiger partial charge in [0.25, 0.3) is 0 Å². The van der Waals surface area contributed by atoms with Crippen molar-refractivity contribution in [3.8, 4) is 0 Å². The lowest BCUT2D eigenvalue weighted by molar-refractivity contribution is -0.380. The first kappa shape index (κ1) is 9.94. The highest BCUT2D eigenvalue weighted by Crippen LogP contribution is 2.24. The van der Waals surface area contributed by atoms with Crippen LogP contribution in [-0.2, 0) is 0 Å². The second-order valence-electron chi connectivity index (χ2n) is 2.13. The predicted octanol–water partition coefficient (Wildman–Crippen LogP) is 2.22. The van der Waals surface area contributed by atoms with E-state index >= 15 is 0 Å². The summed E-state index contributed by atoms with van der Waals surface area (Å²) in [6.07, 6.45) is 1.20. The van der Waals surface area contributed by atoms with Crippen molar-refractivity contribution >= 4 is 33.1 Å². The lowest BCUT2D eigenvalue weighted by Crippen LogP contribution is -1.99. The Kier molecular flexibility index (Phi) is 3.21. The van der Waals surface area contributed by atoms with Gasteiger partial charge < -0.3 is 5.32 Å². The SMILES string of the molecule is C=C(Cl)CNc1ncc([N+](=O)[O-])s1. The van der Waals surface area contributed by atoms with Gasteiger partial charge >= 0.3 is 5.00 Å². The summed E-state index contributed by atoms with van der Waals surface area (Å²) in [5, 5.41) is 13.9. The topological polar surface area (TPSA) is 68.1 Å². The third-order valence-electron chi connectivity index (χ3n) is 1.10. The summed E-state index contributed by atoms with van der Waals surface area (Å²) in [4.78, 5) is 13.5. The summed E-state index contributed by atoms with van der Waals surface area (Å²) in [6, 6.07) is 0. The van der Waals surface area contributed by atoms with Gasteiger partial charge in [0.2, 0.25) is 0 Å². The van der Waals surface area contributed by atoms with Crippen LogP contribution in [0.3, 0.4) is 0 Å². The molecule has 0 fully saturated rings. The maximum absolute atomic E-state index is 10.3. The number of hydrogen-bond donors (Lipinski definition) is 1. The van der Waals surface area contributed by atoms with Crippen LogP contribution < -0.4 is 5.32 Å². The summed E-state index contributed by atoms with van der Waals surface area (Å²) in [6.45, 7) is 3.81. The second-order valence-corrected chi connectivity index (χ2v) is 3.68. The van der Waals surface area contributed by atoms with Gasteiger partial charge in [-0.25, -0.2) is 4.98 Å². The number of thiazole rings is 1. The smallest absolute Gasteiger partial charge is 0.345 e. The highest BCUT2D eigenvalue weighted by Gasteiger charge is 2.10. The molecule has 1 aromatic heterocycles. The van der Waals surface area contributed by atoms with Crippen molar-refractivity contribution in [1.29, 1.82) is 0 Å². The minimum Gasteiger partial charge on any atom is -0.356 e. The van der Waals surface area contributed by atoms with Crippen molar-refractivity contribution in [2.24, 2.45) is 0 Å². The summed E-state index contributed by atoms with van der Waals surface area (Å²) >= 11 is 6.44. The van der Waals surface area contributed by atoms with Crippen molar-refractivity contribution in [2.45, 2.75) is 0 Å². The summed E-state index contributed by atoms with van der Waals surface area (Å²) in [7, 11) is 0. The van der Waals surface area contributed by atoms with Gasteiger partial charge in [0.05, 0.1) is 11.5 Å². The molecule has 0 unspecified atom stereocenters. The standard InChI is InChI=1S/C6H6ClN3O2S/c1-4(7)2-8-6-9-3-5(13-6)10(11)12/h3H,1-2H2,(H,8,9). The van der Waals surface area contributed by atoms with Gasteiger partial charge in [-0.2, -0.15) is 0 Å². The zero-order valence-corrected chi connectivity index (χ0v) is 8.06. The van der Waals surface area contributed by atoms with Crippen molar-refractivity contribution in [3.63, 3.8) is 0 Å². The van der Waals surface area contributed by atoms with Crippen LogP contribution >= 0.6 is 22.9 Å². The van der Waals surface area contributed by atoms with Crippen LogP contribution in [-0.4, -0.2) is 16.5 Å². The Morgan fingerprint density at radius 2 is 2.62 bits per heavy atom. The largest absolute Gasteiger partial charge is 0.356 e. The molecular weight excluding hydrogens is 214 g/mol. The minimum atomic E-state index is -0.488. The molecule has 0 amide bonds. The fourth-order valence-corrected chi connectivity index (χ4v) is 1.30. The molecule has 1 aromatic rings. The molecule has 0 radical (unpaired) electrons. The van der Waals surface area contributed by atoms with E-state index in [4.69, 9.17) is 11.6 Å². The van der Waals surface area contributed by atoms with Crippen LogP contribution in [0.2, 0.25) is 0 Å². The van der Waals surface area contributed by atoms with Crippen LogP contribution in [0, 0.1) is 10.1 Å². The molecule has 1 heterocycles. The van der Waals surface area contributed by atoms with Gasteiger partial charge in [-0.3, -0.25) is 10.1 Å². The molecule has 1 rings (SSSR count). The van der Waals surface area contributed by atoms with Crippen molar-refractivity contribution in [3.05, 3.63) is 27.9 Å². The molecule has 0 aromatic carbocycles. The Hall–Kier alpha value is -1.14. The first-order chi connectivity index (χ1) is 6.09. The second kappa shape index (κ2) is 4.20. The third-order valence-corrected chi connectivity index (χ3v) is 2.15. The molecule has 0 saturated heterocycles. The summed E-state index contributed by atoms with van der Waals surface area (Å²) in [5.41, 5.74) is 0. The number of halogens is 1. The Morgan fingerprint density at radius 3 is 3.08 bits per heavy atom. The number of hydrogen-bond acceptors (Lipinski definition) is 5. The van der Waals surface area contributed by atoms with E-state index in [9.17, 15) is 10.1 Å². The molecule has 0 saturated carbocycles. The number of nitrogens with zero attached hydrogens (tertiary/aromatic N) is 2. The molecule has 0 bridgehead atoms. The lowest BCUT2D eigenvalue weighted by Gasteiger charge is -1.96. The molecular formula is C6H6ClN3O2S. The number of aromatic nitrogens is 1.